The highest BCUT2D eigenvalue weighted by Gasteiger charge is 2.12. The highest BCUT2D eigenvalue weighted by Crippen LogP contribution is 2.29. The van der Waals surface area contributed by atoms with Gasteiger partial charge in [-0.25, -0.2) is 8.78 Å². The third-order valence-electron chi connectivity index (χ3n) is 2.43. The quantitative estimate of drug-likeness (QED) is 0.802. The average Bonchev–Trinajstić information content (AvgIpc) is 2.27. The molecule has 1 aromatic carbocycles. The number of anilines is 1. The first kappa shape index (κ1) is 10.5. The van der Waals surface area contributed by atoms with Gasteiger partial charge in [0.15, 0.2) is 11.6 Å². The van der Waals surface area contributed by atoms with E-state index in [1.807, 2.05) is 0 Å². The Morgan fingerprint density at radius 3 is 2.62 bits per heavy atom. The number of nitrogen functional groups attached to an aromatic ring is 1. The van der Waals surface area contributed by atoms with Crippen LogP contribution in [0.2, 0.25) is 0 Å². The van der Waals surface area contributed by atoms with Gasteiger partial charge in [0.05, 0.1) is 11.4 Å². The molecule has 1 heterocycles. The summed E-state index contributed by atoms with van der Waals surface area (Å²) in [7, 11) is 0. The third-order valence-corrected chi connectivity index (χ3v) is 2.43. The van der Waals surface area contributed by atoms with Crippen LogP contribution >= 0.6 is 0 Å². The lowest BCUT2D eigenvalue weighted by atomic mass is 10.0. The van der Waals surface area contributed by atoms with Crippen LogP contribution in [0.1, 0.15) is 5.69 Å². The first-order valence-electron chi connectivity index (χ1n) is 4.76. The van der Waals surface area contributed by atoms with E-state index in [1.54, 1.807) is 13.0 Å². The molecule has 0 saturated heterocycles. The number of rotatable bonds is 1. The van der Waals surface area contributed by atoms with E-state index in [9.17, 15) is 8.78 Å². The molecule has 16 heavy (non-hydrogen) atoms. The first-order chi connectivity index (χ1) is 7.61. The topological polar surface area (TPSA) is 38.9 Å². The van der Waals surface area contributed by atoms with Gasteiger partial charge in [0, 0.05) is 17.3 Å². The van der Waals surface area contributed by atoms with Crippen LogP contribution < -0.4 is 5.73 Å². The molecule has 0 radical (unpaired) electrons. The Morgan fingerprint density at radius 1 is 1.12 bits per heavy atom. The van der Waals surface area contributed by atoms with Crippen molar-refractivity contribution in [3.8, 4) is 11.1 Å². The standard InChI is InChI=1S/C12H10F2N2/c1-7-12(15)9(5-6-16-7)8-3-2-4-10(13)11(8)14/h2-6H,15H2,1H3. The Bertz CT molecular complexity index is 489. The van der Waals surface area contributed by atoms with Crippen molar-refractivity contribution in [2.24, 2.45) is 0 Å². The molecule has 82 valence electrons. The Balaban J connectivity index is 2.68. The third kappa shape index (κ3) is 1.62. The number of nitrogens with zero attached hydrogens (tertiary/aromatic N) is 1. The zero-order chi connectivity index (χ0) is 11.7. The molecule has 0 amide bonds. The van der Waals surface area contributed by atoms with Crippen LogP contribution in [0.25, 0.3) is 11.1 Å². The van der Waals surface area contributed by atoms with Crippen molar-refractivity contribution >= 4 is 5.69 Å². The van der Waals surface area contributed by atoms with Gasteiger partial charge in [-0.1, -0.05) is 12.1 Å². The molecular weight excluding hydrogens is 210 g/mol. The van der Waals surface area contributed by atoms with Crippen LogP contribution in [0.4, 0.5) is 14.5 Å². The Morgan fingerprint density at radius 2 is 1.88 bits per heavy atom. The van der Waals surface area contributed by atoms with E-state index in [1.165, 1.54) is 18.3 Å². The molecule has 0 unspecified atom stereocenters. The second-order valence-corrected chi connectivity index (χ2v) is 3.46. The van der Waals surface area contributed by atoms with Crippen LogP contribution in [-0.4, -0.2) is 4.98 Å². The summed E-state index contributed by atoms with van der Waals surface area (Å²) in [5, 5.41) is 0. The summed E-state index contributed by atoms with van der Waals surface area (Å²) >= 11 is 0. The van der Waals surface area contributed by atoms with Gasteiger partial charge in [-0.15, -0.1) is 0 Å². The molecule has 4 heteroatoms. The van der Waals surface area contributed by atoms with E-state index >= 15 is 0 Å². The molecule has 0 aliphatic heterocycles. The predicted octanol–water partition coefficient (Wildman–Crippen LogP) is 2.92. The van der Waals surface area contributed by atoms with Crippen LogP contribution in [0.3, 0.4) is 0 Å². The normalized spacial score (nSPS) is 10.4. The fourth-order valence-electron chi connectivity index (χ4n) is 1.52. The van der Waals surface area contributed by atoms with E-state index in [2.05, 4.69) is 4.98 Å². The Kier molecular flexibility index (Phi) is 2.56. The van der Waals surface area contributed by atoms with Gasteiger partial charge in [0.1, 0.15) is 0 Å². The summed E-state index contributed by atoms with van der Waals surface area (Å²) in [6, 6.07) is 5.58. The average molecular weight is 220 g/mol. The molecule has 1 aromatic heterocycles. The van der Waals surface area contributed by atoms with Crippen LogP contribution in [-0.2, 0) is 0 Å². The number of benzene rings is 1. The fourth-order valence-corrected chi connectivity index (χ4v) is 1.52. The van der Waals surface area contributed by atoms with Crippen molar-refractivity contribution in [2.75, 3.05) is 5.73 Å². The van der Waals surface area contributed by atoms with Gasteiger partial charge in [-0.05, 0) is 19.1 Å². The summed E-state index contributed by atoms with van der Waals surface area (Å²) in [6.45, 7) is 1.72. The maximum Gasteiger partial charge on any atom is 0.166 e. The number of nitrogens with two attached hydrogens (primary N) is 1. The Labute approximate surface area is 91.7 Å². The molecule has 2 rings (SSSR count). The minimum atomic E-state index is -0.889. The molecule has 0 fully saturated rings. The number of hydrogen-bond donors (Lipinski definition) is 1. The summed E-state index contributed by atoms with van der Waals surface area (Å²) in [5.41, 5.74) is 7.37. The second-order valence-electron chi connectivity index (χ2n) is 3.46. The zero-order valence-corrected chi connectivity index (χ0v) is 8.67. The SMILES string of the molecule is Cc1nccc(-c2cccc(F)c2F)c1N. The van der Waals surface area contributed by atoms with Crippen molar-refractivity contribution in [1.29, 1.82) is 0 Å². The molecule has 2 aromatic rings. The predicted molar refractivity (Wildman–Crippen MR) is 58.7 cm³/mol. The second kappa shape index (κ2) is 3.89. The monoisotopic (exact) mass is 220 g/mol. The van der Waals surface area contributed by atoms with Crippen LogP contribution in [0.5, 0.6) is 0 Å². The number of hydrogen-bond acceptors (Lipinski definition) is 2. The highest BCUT2D eigenvalue weighted by atomic mass is 19.2. The molecule has 0 saturated carbocycles. The number of halogens is 2. The van der Waals surface area contributed by atoms with E-state index in [0.29, 0.717) is 16.9 Å². The molecule has 0 atom stereocenters. The summed E-state index contributed by atoms with van der Waals surface area (Å²) in [5.74, 6) is -1.77. The lowest BCUT2D eigenvalue weighted by molar-refractivity contribution is 0.511. The summed E-state index contributed by atoms with van der Waals surface area (Å²) < 4.78 is 26.6. The molecule has 0 bridgehead atoms. The van der Waals surface area contributed by atoms with Crippen molar-refractivity contribution in [3.63, 3.8) is 0 Å². The number of pyridine rings is 1. The minimum absolute atomic E-state index is 0.156. The molecular formula is C12H10F2N2. The van der Waals surface area contributed by atoms with E-state index in [4.69, 9.17) is 5.73 Å². The molecule has 0 spiro atoms. The fraction of sp³-hybridized carbons (Fsp3) is 0.0833. The van der Waals surface area contributed by atoms with Gasteiger partial charge < -0.3 is 5.73 Å². The van der Waals surface area contributed by atoms with Crippen LogP contribution in [0.15, 0.2) is 30.5 Å². The molecule has 2 N–H and O–H groups in total. The zero-order valence-electron chi connectivity index (χ0n) is 8.67. The largest absolute Gasteiger partial charge is 0.397 e. The van der Waals surface area contributed by atoms with Crippen molar-refractivity contribution < 1.29 is 8.78 Å². The first-order valence-corrected chi connectivity index (χ1v) is 4.76. The highest BCUT2D eigenvalue weighted by molar-refractivity contribution is 5.77. The lowest BCUT2D eigenvalue weighted by Crippen LogP contribution is -1.98. The van der Waals surface area contributed by atoms with Gasteiger partial charge in [-0.2, -0.15) is 0 Å². The van der Waals surface area contributed by atoms with Gasteiger partial charge in [-0.3, -0.25) is 4.98 Å². The summed E-state index contributed by atoms with van der Waals surface area (Å²) in [6.07, 6.45) is 1.52. The van der Waals surface area contributed by atoms with E-state index < -0.39 is 11.6 Å². The number of aromatic nitrogens is 1. The maximum atomic E-state index is 13.5. The van der Waals surface area contributed by atoms with Crippen molar-refractivity contribution in [3.05, 3.63) is 47.8 Å². The van der Waals surface area contributed by atoms with E-state index in [-0.39, 0.29) is 5.56 Å². The maximum absolute atomic E-state index is 13.5. The van der Waals surface area contributed by atoms with Crippen molar-refractivity contribution in [2.45, 2.75) is 6.92 Å². The van der Waals surface area contributed by atoms with Gasteiger partial charge in [0.2, 0.25) is 0 Å². The minimum Gasteiger partial charge on any atom is -0.397 e. The molecule has 0 aliphatic carbocycles. The Hall–Kier alpha value is -1.97. The summed E-state index contributed by atoms with van der Waals surface area (Å²) in [4.78, 5) is 3.98. The number of aryl methyl sites for hydroxylation is 1. The molecule has 0 aliphatic rings. The van der Waals surface area contributed by atoms with Gasteiger partial charge in [0.25, 0.3) is 0 Å². The smallest absolute Gasteiger partial charge is 0.166 e. The van der Waals surface area contributed by atoms with Crippen LogP contribution in [0, 0.1) is 18.6 Å². The van der Waals surface area contributed by atoms with Gasteiger partial charge >= 0.3 is 0 Å². The lowest BCUT2D eigenvalue weighted by Gasteiger charge is -2.08. The molecule has 2 nitrogen and oxygen atoms in total. The van der Waals surface area contributed by atoms with E-state index in [0.717, 1.165) is 6.07 Å². The van der Waals surface area contributed by atoms with Crippen molar-refractivity contribution in [1.82, 2.24) is 4.98 Å².